The maximum Gasteiger partial charge on any atom is 0.217 e. The van der Waals surface area contributed by atoms with E-state index < -0.39 is 10.0 Å². The van der Waals surface area contributed by atoms with Gasteiger partial charge < -0.3 is 0 Å². The van der Waals surface area contributed by atoms with Crippen molar-refractivity contribution in [3.8, 4) is 0 Å². The van der Waals surface area contributed by atoms with E-state index in [0.29, 0.717) is 13.1 Å². The lowest BCUT2D eigenvalue weighted by atomic mass is 10.1. The molecule has 2 saturated heterocycles. The van der Waals surface area contributed by atoms with Crippen LogP contribution in [0.25, 0.3) is 0 Å². The summed E-state index contributed by atoms with van der Waals surface area (Å²) in [7, 11) is -2.96. The van der Waals surface area contributed by atoms with Gasteiger partial charge in [-0.3, -0.25) is 0 Å². The topological polar surface area (TPSA) is 37.4 Å². The monoisotopic (exact) mass is 331 g/mol. The van der Waals surface area contributed by atoms with Crippen LogP contribution in [0.4, 0.5) is 0 Å². The second-order valence-corrected chi connectivity index (χ2v) is 8.15. The third kappa shape index (κ3) is 1.70. The molecule has 0 aromatic rings. The van der Waals surface area contributed by atoms with E-state index in [2.05, 4.69) is 31.9 Å². The second kappa shape index (κ2) is 3.47. The van der Waals surface area contributed by atoms with Gasteiger partial charge in [0, 0.05) is 22.7 Å². The lowest BCUT2D eigenvalue weighted by Crippen LogP contribution is -2.32. The Morgan fingerprint density at radius 3 is 2.62 bits per heavy atom. The molecule has 2 aliphatic heterocycles. The summed E-state index contributed by atoms with van der Waals surface area (Å²) in [4.78, 5) is 0.519. The summed E-state index contributed by atoms with van der Waals surface area (Å²) in [6.07, 6.45) is 1.53. The molecule has 0 radical (unpaired) electrons. The zero-order valence-corrected chi connectivity index (χ0v) is 11.0. The first-order valence-corrected chi connectivity index (χ1v) is 7.62. The SMILES string of the molecule is O=S1(=O)C2CCN1CC(Br)C(Br)C2. The number of hydrogen-bond acceptors (Lipinski definition) is 2. The quantitative estimate of drug-likeness (QED) is 0.627. The van der Waals surface area contributed by atoms with Crippen LogP contribution in [0.1, 0.15) is 12.8 Å². The van der Waals surface area contributed by atoms with Gasteiger partial charge >= 0.3 is 0 Å². The molecule has 0 aromatic heterocycles. The van der Waals surface area contributed by atoms with Crippen molar-refractivity contribution < 1.29 is 8.42 Å². The molecule has 6 heteroatoms. The van der Waals surface area contributed by atoms with Gasteiger partial charge in [-0.1, -0.05) is 31.9 Å². The van der Waals surface area contributed by atoms with E-state index in [0.717, 1.165) is 12.8 Å². The molecule has 2 bridgehead atoms. The number of alkyl halides is 2. The van der Waals surface area contributed by atoms with Crippen LogP contribution < -0.4 is 0 Å². The average molecular weight is 333 g/mol. The third-order valence-electron chi connectivity index (χ3n) is 2.74. The van der Waals surface area contributed by atoms with Crippen LogP contribution in [0.15, 0.2) is 0 Å². The van der Waals surface area contributed by atoms with Gasteiger partial charge in [0.05, 0.1) is 5.25 Å². The number of fused-ring (bicyclic) bond motifs is 2. The number of hydrogen-bond donors (Lipinski definition) is 0. The van der Waals surface area contributed by atoms with Crippen molar-refractivity contribution in [3.63, 3.8) is 0 Å². The number of nitrogens with zero attached hydrogens (tertiary/aromatic N) is 1. The van der Waals surface area contributed by atoms with Crippen molar-refractivity contribution in [2.75, 3.05) is 13.1 Å². The molecule has 3 nitrogen and oxygen atoms in total. The van der Waals surface area contributed by atoms with Crippen molar-refractivity contribution in [1.29, 1.82) is 0 Å². The minimum absolute atomic E-state index is 0.153. The third-order valence-corrected chi connectivity index (χ3v) is 7.71. The van der Waals surface area contributed by atoms with Crippen LogP contribution in [0.5, 0.6) is 0 Å². The van der Waals surface area contributed by atoms with Crippen LogP contribution in [0, 0.1) is 0 Å². The van der Waals surface area contributed by atoms with Gasteiger partial charge in [-0.05, 0) is 12.8 Å². The van der Waals surface area contributed by atoms with Gasteiger partial charge in [0.2, 0.25) is 10.0 Å². The van der Waals surface area contributed by atoms with Crippen molar-refractivity contribution in [1.82, 2.24) is 4.31 Å². The molecule has 0 aromatic carbocycles. The Balaban J connectivity index is 2.31. The molecule has 76 valence electrons. The summed E-state index contributed by atoms with van der Waals surface area (Å²) in [5, 5.41) is -0.153. The Morgan fingerprint density at radius 2 is 1.92 bits per heavy atom. The molecule has 2 rings (SSSR count). The molecule has 2 heterocycles. The Kier molecular flexibility index (Phi) is 2.77. The molecule has 0 amide bonds. The fourth-order valence-electron chi connectivity index (χ4n) is 1.92. The predicted molar refractivity (Wildman–Crippen MR) is 58.9 cm³/mol. The van der Waals surface area contributed by atoms with Crippen molar-refractivity contribution in [2.45, 2.75) is 27.7 Å². The fourth-order valence-corrected chi connectivity index (χ4v) is 5.54. The van der Waals surface area contributed by atoms with E-state index in [1.807, 2.05) is 0 Å². The van der Waals surface area contributed by atoms with Crippen molar-refractivity contribution in [2.24, 2.45) is 0 Å². The van der Waals surface area contributed by atoms with Gasteiger partial charge in [0.15, 0.2) is 0 Å². The number of halogens is 2. The molecular formula is C7H11Br2NO2S. The van der Waals surface area contributed by atoms with Gasteiger partial charge in [0.1, 0.15) is 0 Å². The highest BCUT2D eigenvalue weighted by Gasteiger charge is 2.44. The number of rotatable bonds is 0. The van der Waals surface area contributed by atoms with Crippen LogP contribution in [0.3, 0.4) is 0 Å². The smallest absolute Gasteiger partial charge is 0.212 e. The van der Waals surface area contributed by atoms with Gasteiger partial charge in [-0.2, -0.15) is 0 Å². The lowest BCUT2D eigenvalue weighted by molar-refractivity contribution is 0.435. The molecule has 0 aliphatic carbocycles. The maximum absolute atomic E-state index is 11.8. The Hall–Kier alpha value is 0.870. The minimum atomic E-state index is -2.96. The molecule has 0 spiro atoms. The van der Waals surface area contributed by atoms with E-state index in [4.69, 9.17) is 0 Å². The fraction of sp³-hybridized carbons (Fsp3) is 1.00. The van der Waals surface area contributed by atoms with Crippen molar-refractivity contribution in [3.05, 3.63) is 0 Å². The maximum atomic E-state index is 11.8. The van der Waals surface area contributed by atoms with Gasteiger partial charge in [0.25, 0.3) is 0 Å². The van der Waals surface area contributed by atoms with E-state index in [9.17, 15) is 8.42 Å². The molecule has 2 aliphatic rings. The normalized spacial score (nSPS) is 48.8. The highest BCUT2D eigenvalue weighted by atomic mass is 79.9. The molecular weight excluding hydrogens is 322 g/mol. The number of sulfonamides is 1. The van der Waals surface area contributed by atoms with Crippen LogP contribution in [0.2, 0.25) is 0 Å². The predicted octanol–water partition coefficient (Wildman–Crippen LogP) is 1.32. The molecule has 0 N–H and O–H groups in total. The first-order valence-electron chi connectivity index (χ1n) is 4.29. The van der Waals surface area contributed by atoms with E-state index in [-0.39, 0.29) is 14.9 Å². The highest BCUT2D eigenvalue weighted by molar-refractivity contribution is 9.12. The van der Waals surface area contributed by atoms with Gasteiger partial charge in [-0.25, -0.2) is 12.7 Å². The largest absolute Gasteiger partial charge is 0.217 e. The molecule has 4 atom stereocenters. The minimum Gasteiger partial charge on any atom is -0.212 e. The van der Waals surface area contributed by atoms with Crippen molar-refractivity contribution >= 4 is 41.9 Å². The molecule has 0 saturated carbocycles. The summed E-state index contributed by atoms with van der Waals surface area (Å²) in [6.45, 7) is 1.31. The summed E-state index contributed by atoms with van der Waals surface area (Å²) in [5.41, 5.74) is 0. The average Bonchev–Trinajstić information content (AvgIpc) is 2.25. The zero-order valence-electron chi connectivity index (χ0n) is 6.99. The second-order valence-electron chi connectivity index (χ2n) is 3.58. The first-order chi connectivity index (χ1) is 6.01. The summed E-state index contributed by atoms with van der Waals surface area (Å²) < 4.78 is 25.2. The summed E-state index contributed by atoms with van der Waals surface area (Å²) in [5.74, 6) is 0. The summed E-state index contributed by atoms with van der Waals surface area (Å²) in [6, 6.07) is 0. The Labute approximate surface area is 95.2 Å². The lowest BCUT2D eigenvalue weighted by Gasteiger charge is -2.18. The Bertz CT molecular complexity index is 282. The summed E-state index contributed by atoms with van der Waals surface area (Å²) >= 11 is 7.02. The molecule has 4 unspecified atom stereocenters. The standard InChI is InChI=1S/C7H11Br2NO2S/c8-6-3-5-1-2-10(4-7(6)9)13(5,11)12/h5-7H,1-4H2. The van der Waals surface area contributed by atoms with E-state index >= 15 is 0 Å². The van der Waals surface area contributed by atoms with Crippen LogP contribution in [-0.4, -0.2) is 40.7 Å². The van der Waals surface area contributed by atoms with Crippen LogP contribution in [-0.2, 0) is 10.0 Å². The highest BCUT2D eigenvalue weighted by Crippen LogP contribution is 2.35. The van der Waals surface area contributed by atoms with Gasteiger partial charge in [-0.15, -0.1) is 0 Å². The van der Waals surface area contributed by atoms with E-state index in [1.165, 1.54) is 0 Å². The first kappa shape index (κ1) is 10.4. The molecule has 2 fully saturated rings. The zero-order chi connectivity index (χ0) is 9.64. The van der Waals surface area contributed by atoms with Crippen LogP contribution >= 0.6 is 31.9 Å². The van der Waals surface area contributed by atoms with E-state index in [1.54, 1.807) is 4.31 Å². The molecule has 13 heavy (non-hydrogen) atoms. The Morgan fingerprint density at radius 1 is 1.23 bits per heavy atom.